The van der Waals surface area contributed by atoms with Crippen molar-refractivity contribution in [2.75, 3.05) is 6.61 Å². The molecule has 0 aliphatic rings. The molecule has 0 spiro atoms. The number of nitrogens with zero attached hydrogens (tertiary/aromatic N) is 2. The fraction of sp³-hybridized carbons (Fsp3) is 0.700. The molecule has 3 nitrogen and oxygen atoms in total. The van der Waals surface area contributed by atoms with E-state index in [0.717, 1.165) is 17.1 Å². The highest BCUT2D eigenvalue weighted by Gasteiger charge is 2.07. The van der Waals surface area contributed by atoms with E-state index in [1.165, 1.54) is 0 Å². The molecule has 0 atom stereocenters. The van der Waals surface area contributed by atoms with Gasteiger partial charge in [0.2, 0.25) is 5.88 Å². The fourth-order valence-electron chi connectivity index (χ4n) is 0.958. The number of hydrogen-bond acceptors (Lipinski definition) is 2. The zero-order valence-corrected chi connectivity index (χ0v) is 9.51. The molecular formula is C10H20N2O. The topological polar surface area (TPSA) is 27.1 Å². The molecule has 0 N–H and O–H groups in total. The van der Waals surface area contributed by atoms with Crippen molar-refractivity contribution in [3.8, 4) is 5.88 Å². The highest BCUT2D eigenvalue weighted by atomic mass is 16.5. The van der Waals surface area contributed by atoms with Crippen molar-refractivity contribution in [2.45, 2.75) is 34.6 Å². The molecule has 0 amide bonds. The lowest BCUT2D eigenvalue weighted by Crippen LogP contribution is -1.95. The van der Waals surface area contributed by atoms with E-state index in [1.807, 2.05) is 46.3 Å². The van der Waals surface area contributed by atoms with Crippen LogP contribution in [0.25, 0.3) is 0 Å². The summed E-state index contributed by atoms with van der Waals surface area (Å²) in [5.74, 6) is 0.757. The second-order valence-corrected chi connectivity index (χ2v) is 2.57. The molecular weight excluding hydrogens is 164 g/mol. The summed E-state index contributed by atoms with van der Waals surface area (Å²) in [5, 5.41) is 4.19. The van der Waals surface area contributed by atoms with E-state index in [-0.39, 0.29) is 0 Å². The molecule has 0 bridgehead atoms. The Labute approximate surface area is 80.7 Å². The summed E-state index contributed by atoms with van der Waals surface area (Å²) in [5.41, 5.74) is 2.29. The van der Waals surface area contributed by atoms with E-state index in [2.05, 4.69) is 5.10 Å². The van der Waals surface area contributed by atoms with Gasteiger partial charge in [-0.15, -0.1) is 5.10 Å². The minimum atomic E-state index is 0.678. The smallest absolute Gasteiger partial charge is 0.235 e. The molecule has 76 valence electrons. The van der Waals surface area contributed by atoms with Gasteiger partial charge in [0.05, 0.1) is 6.61 Å². The summed E-state index contributed by atoms with van der Waals surface area (Å²) >= 11 is 0. The predicted molar refractivity (Wildman–Crippen MR) is 55.2 cm³/mol. The molecule has 0 radical (unpaired) electrons. The van der Waals surface area contributed by atoms with Crippen LogP contribution in [0.1, 0.15) is 32.0 Å². The van der Waals surface area contributed by atoms with Gasteiger partial charge in [-0.1, -0.05) is 13.8 Å². The quantitative estimate of drug-likeness (QED) is 0.706. The average molecular weight is 184 g/mol. The first-order valence-corrected chi connectivity index (χ1v) is 4.79. The zero-order valence-electron chi connectivity index (χ0n) is 9.51. The molecule has 3 heteroatoms. The minimum Gasteiger partial charge on any atom is -0.477 e. The van der Waals surface area contributed by atoms with Crippen LogP contribution in [0.4, 0.5) is 0 Å². The van der Waals surface area contributed by atoms with Crippen LogP contribution in [0, 0.1) is 13.8 Å². The Balaban J connectivity index is 0.000000671. The van der Waals surface area contributed by atoms with E-state index < -0.39 is 0 Å². The molecule has 1 aromatic heterocycles. The van der Waals surface area contributed by atoms with Crippen molar-refractivity contribution >= 4 is 0 Å². The van der Waals surface area contributed by atoms with Crippen LogP contribution in [0.3, 0.4) is 0 Å². The molecule has 0 saturated heterocycles. The van der Waals surface area contributed by atoms with E-state index in [1.54, 1.807) is 0 Å². The van der Waals surface area contributed by atoms with Gasteiger partial charge in [-0.05, 0) is 20.8 Å². The third-order valence-corrected chi connectivity index (χ3v) is 1.87. The number of hydrogen-bond donors (Lipinski definition) is 0. The highest BCUT2D eigenvalue weighted by molar-refractivity contribution is 5.28. The molecule has 0 unspecified atom stereocenters. The van der Waals surface area contributed by atoms with Gasteiger partial charge in [0.15, 0.2) is 0 Å². The van der Waals surface area contributed by atoms with Crippen LogP contribution in [-0.2, 0) is 7.05 Å². The third kappa shape index (κ3) is 2.76. The van der Waals surface area contributed by atoms with Crippen molar-refractivity contribution < 1.29 is 4.74 Å². The molecule has 0 aliphatic carbocycles. The maximum absolute atomic E-state index is 5.31. The van der Waals surface area contributed by atoms with Crippen molar-refractivity contribution in [1.29, 1.82) is 0 Å². The van der Waals surface area contributed by atoms with Crippen molar-refractivity contribution in [2.24, 2.45) is 7.05 Å². The predicted octanol–water partition coefficient (Wildman–Crippen LogP) is 2.46. The van der Waals surface area contributed by atoms with E-state index >= 15 is 0 Å². The van der Waals surface area contributed by atoms with E-state index in [9.17, 15) is 0 Å². The van der Waals surface area contributed by atoms with Crippen LogP contribution < -0.4 is 4.74 Å². The second-order valence-electron chi connectivity index (χ2n) is 2.57. The zero-order chi connectivity index (χ0) is 10.4. The Kier molecular flexibility index (Phi) is 5.19. The molecule has 13 heavy (non-hydrogen) atoms. The Bertz CT molecular complexity index is 254. The van der Waals surface area contributed by atoms with Gasteiger partial charge in [-0.25, -0.2) is 0 Å². The molecule has 1 rings (SSSR count). The van der Waals surface area contributed by atoms with Gasteiger partial charge in [-0.3, -0.25) is 4.68 Å². The largest absolute Gasteiger partial charge is 0.477 e. The Morgan fingerprint density at radius 2 is 1.85 bits per heavy atom. The van der Waals surface area contributed by atoms with Gasteiger partial charge in [0, 0.05) is 18.3 Å². The summed E-state index contributed by atoms with van der Waals surface area (Å²) in [6, 6.07) is 0. The summed E-state index contributed by atoms with van der Waals surface area (Å²) < 4.78 is 7.14. The van der Waals surface area contributed by atoms with E-state index in [4.69, 9.17) is 4.74 Å². The number of ether oxygens (including phenoxy) is 1. The third-order valence-electron chi connectivity index (χ3n) is 1.87. The first kappa shape index (κ1) is 12.0. The SMILES string of the molecule is CC.CCOc1nn(C)c(C)c1C. The highest BCUT2D eigenvalue weighted by Crippen LogP contribution is 2.17. The number of aryl methyl sites for hydroxylation is 1. The molecule has 0 aromatic carbocycles. The van der Waals surface area contributed by atoms with Gasteiger partial charge >= 0.3 is 0 Å². The molecule has 1 heterocycles. The van der Waals surface area contributed by atoms with Crippen molar-refractivity contribution in [3.63, 3.8) is 0 Å². The molecule has 1 aromatic rings. The Hall–Kier alpha value is -0.990. The molecule has 0 aliphatic heterocycles. The number of aromatic nitrogens is 2. The van der Waals surface area contributed by atoms with E-state index in [0.29, 0.717) is 6.61 Å². The Morgan fingerprint density at radius 1 is 1.31 bits per heavy atom. The van der Waals surface area contributed by atoms with Crippen LogP contribution in [0.5, 0.6) is 5.88 Å². The standard InChI is InChI=1S/C8H14N2O.C2H6/c1-5-11-8-6(2)7(3)10(4)9-8;1-2/h5H2,1-4H3;1-2H3. The van der Waals surface area contributed by atoms with Crippen LogP contribution in [-0.4, -0.2) is 16.4 Å². The van der Waals surface area contributed by atoms with Crippen molar-refractivity contribution in [1.82, 2.24) is 9.78 Å². The second kappa shape index (κ2) is 5.62. The van der Waals surface area contributed by atoms with Gasteiger partial charge in [0.25, 0.3) is 0 Å². The average Bonchev–Trinajstić information content (AvgIpc) is 2.38. The summed E-state index contributed by atoms with van der Waals surface area (Å²) in [6.07, 6.45) is 0. The van der Waals surface area contributed by atoms with Crippen LogP contribution in [0.15, 0.2) is 0 Å². The summed E-state index contributed by atoms with van der Waals surface area (Å²) in [7, 11) is 1.92. The van der Waals surface area contributed by atoms with Gasteiger partial charge in [-0.2, -0.15) is 0 Å². The minimum absolute atomic E-state index is 0.678. The first-order chi connectivity index (χ1) is 6.16. The van der Waals surface area contributed by atoms with Gasteiger partial charge in [0.1, 0.15) is 0 Å². The van der Waals surface area contributed by atoms with Crippen LogP contribution >= 0.6 is 0 Å². The maximum Gasteiger partial charge on any atom is 0.235 e. The lowest BCUT2D eigenvalue weighted by atomic mass is 10.3. The molecule has 0 saturated carbocycles. The summed E-state index contributed by atoms with van der Waals surface area (Å²) in [6.45, 7) is 10.7. The monoisotopic (exact) mass is 184 g/mol. The van der Waals surface area contributed by atoms with Gasteiger partial charge < -0.3 is 4.74 Å². The normalized spacial score (nSPS) is 9.08. The Morgan fingerprint density at radius 3 is 2.15 bits per heavy atom. The lowest BCUT2D eigenvalue weighted by Gasteiger charge is -1.96. The molecule has 0 fully saturated rings. The van der Waals surface area contributed by atoms with Crippen LogP contribution in [0.2, 0.25) is 0 Å². The van der Waals surface area contributed by atoms with Crippen molar-refractivity contribution in [3.05, 3.63) is 11.3 Å². The summed E-state index contributed by atoms with van der Waals surface area (Å²) in [4.78, 5) is 0. The maximum atomic E-state index is 5.31. The first-order valence-electron chi connectivity index (χ1n) is 4.79. The fourth-order valence-corrected chi connectivity index (χ4v) is 0.958. The number of rotatable bonds is 2. The lowest BCUT2D eigenvalue weighted by molar-refractivity contribution is 0.321.